The lowest BCUT2D eigenvalue weighted by Crippen LogP contribution is -2.46. The first-order valence-electron chi connectivity index (χ1n) is 8.42. The van der Waals surface area contributed by atoms with Gasteiger partial charge in [-0.3, -0.25) is 4.98 Å². The highest BCUT2D eigenvalue weighted by Crippen LogP contribution is 2.22. The van der Waals surface area contributed by atoms with Crippen LogP contribution in [0, 0.1) is 5.82 Å². The third-order valence-electron chi connectivity index (χ3n) is 4.47. The third kappa shape index (κ3) is 3.45. The molecule has 25 heavy (non-hydrogen) atoms. The Labute approximate surface area is 146 Å². The molecule has 0 radical (unpaired) electrons. The summed E-state index contributed by atoms with van der Waals surface area (Å²) in [5.41, 5.74) is 2.70. The van der Waals surface area contributed by atoms with Crippen LogP contribution in [0.4, 0.5) is 15.9 Å². The van der Waals surface area contributed by atoms with Gasteiger partial charge in [-0.05, 0) is 24.3 Å². The van der Waals surface area contributed by atoms with Crippen molar-refractivity contribution in [2.24, 2.45) is 0 Å². The van der Waals surface area contributed by atoms with E-state index in [-0.39, 0.29) is 5.82 Å². The molecule has 0 unspecified atom stereocenters. The average molecular weight is 334 g/mol. The molecule has 0 aliphatic carbocycles. The highest BCUT2D eigenvalue weighted by Gasteiger charge is 2.19. The number of para-hydroxylation sites is 1. The molecule has 0 atom stereocenters. The minimum Gasteiger partial charge on any atom is -0.368 e. The Morgan fingerprint density at radius 1 is 0.800 bits per heavy atom. The molecule has 0 spiro atoms. The fourth-order valence-corrected chi connectivity index (χ4v) is 3.13. The van der Waals surface area contributed by atoms with Gasteiger partial charge in [0.1, 0.15) is 11.6 Å². The van der Waals surface area contributed by atoms with E-state index in [4.69, 9.17) is 0 Å². The predicted octanol–water partition coefficient (Wildman–Crippen LogP) is 3.61. The van der Waals surface area contributed by atoms with Gasteiger partial charge in [0.05, 0.1) is 18.1 Å². The molecule has 126 valence electrons. The quantitative estimate of drug-likeness (QED) is 0.732. The van der Waals surface area contributed by atoms with E-state index in [1.54, 1.807) is 18.5 Å². The van der Waals surface area contributed by atoms with E-state index in [9.17, 15) is 4.39 Å². The second kappa shape index (κ2) is 6.89. The highest BCUT2D eigenvalue weighted by atomic mass is 19.1. The summed E-state index contributed by atoms with van der Waals surface area (Å²) in [6.07, 6.45) is 3.46. The van der Waals surface area contributed by atoms with Crippen LogP contribution in [-0.2, 0) is 0 Å². The first kappa shape index (κ1) is 15.6. The Hall–Kier alpha value is -2.95. The lowest BCUT2D eigenvalue weighted by molar-refractivity contribution is 0.628. The zero-order valence-corrected chi connectivity index (χ0v) is 13.8. The van der Waals surface area contributed by atoms with Crippen molar-refractivity contribution >= 4 is 11.5 Å². The van der Waals surface area contributed by atoms with Crippen LogP contribution in [-0.4, -0.2) is 36.1 Å². The molecule has 0 amide bonds. The number of rotatable bonds is 3. The number of hydrogen-bond acceptors (Lipinski definition) is 4. The molecule has 0 saturated carbocycles. The first-order chi connectivity index (χ1) is 12.3. The van der Waals surface area contributed by atoms with Crippen LogP contribution in [0.5, 0.6) is 0 Å². The SMILES string of the molecule is Fc1cccc(-c2cncc(N3CCN(c4ccccc4)CC3)n2)c1. The van der Waals surface area contributed by atoms with E-state index in [1.807, 2.05) is 12.1 Å². The molecular formula is C20H19FN4. The fraction of sp³-hybridized carbons (Fsp3) is 0.200. The smallest absolute Gasteiger partial charge is 0.147 e. The van der Waals surface area contributed by atoms with Crippen molar-refractivity contribution in [3.63, 3.8) is 0 Å². The lowest BCUT2D eigenvalue weighted by Gasteiger charge is -2.36. The normalized spacial score (nSPS) is 14.6. The zero-order chi connectivity index (χ0) is 17.1. The van der Waals surface area contributed by atoms with Crippen LogP contribution >= 0.6 is 0 Å². The molecular weight excluding hydrogens is 315 g/mol. The number of aromatic nitrogens is 2. The summed E-state index contributed by atoms with van der Waals surface area (Å²) < 4.78 is 13.4. The lowest BCUT2D eigenvalue weighted by atomic mass is 10.1. The summed E-state index contributed by atoms with van der Waals surface area (Å²) >= 11 is 0. The molecule has 5 heteroatoms. The Balaban J connectivity index is 1.49. The molecule has 1 aliphatic heterocycles. The predicted molar refractivity (Wildman–Crippen MR) is 98.3 cm³/mol. The van der Waals surface area contributed by atoms with Gasteiger partial charge in [0.25, 0.3) is 0 Å². The van der Waals surface area contributed by atoms with E-state index in [2.05, 4.69) is 44.0 Å². The number of anilines is 2. The van der Waals surface area contributed by atoms with E-state index in [0.717, 1.165) is 37.6 Å². The standard InChI is InChI=1S/C20H19FN4/c21-17-6-4-5-16(13-17)19-14-22-15-20(23-19)25-11-9-24(10-12-25)18-7-2-1-3-8-18/h1-8,13-15H,9-12H2. The van der Waals surface area contributed by atoms with Gasteiger partial charge in [0.15, 0.2) is 0 Å². The summed E-state index contributed by atoms with van der Waals surface area (Å²) in [4.78, 5) is 13.6. The minimum absolute atomic E-state index is 0.263. The monoisotopic (exact) mass is 334 g/mol. The Kier molecular flexibility index (Phi) is 4.29. The average Bonchev–Trinajstić information content (AvgIpc) is 2.69. The van der Waals surface area contributed by atoms with Gasteiger partial charge in [-0.1, -0.05) is 30.3 Å². The van der Waals surface area contributed by atoms with Gasteiger partial charge in [-0.2, -0.15) is 0 Å². The second-order valence-electron chi connectivity index (χ2n) is 6.08. The van der Waals surface area contributed by atoms with Crippen molar-refractivity contribution < 1.29 is 4.39 Å². The van der Waals surface area contributed by atoms with E-state index < -0.39 is 0 Å². The van der Waals surface area contributed by atoms with Crippen LogP contribution < -0.4 is 9.80 Å². The minimum atomic E-state index is -0.263. The number of halogens is 1. The molecule has 0 bridgehead atoms. The Morgan fingerprint density at radius 3 is 2.32 bits per heavy atom. The molecule has 1 aromatic heterocycles. The van der Waals surface area contributed by atoms with Crippen molar-refractivity contribution in [2.75, 3.05) is 36.0 Å². The van der Waals surface area contributed by atoms with Gasteiger partial charge in [0, 0.05) is 37.4 Å². The summed E-state index contributed by atoms with van der Waals surface area (Å²) in [7, 11) is 0. The largest absolute Gasteiger partial charge is 0.368 e. The zero-order valence-electron chi connectivity index (χ0n) is 13.8. The molecule has 2 aromatic carbocycles. The molecule has 4 rings (SSSR count). The Bertz CT molecular complexity index is 845. The molecule has 1 fully saturated rings. The van der Waals surface area contributed by atoms with Gasteiger partial charge in [-0.15, -0.1) is 0 Å². The summed E-state index contributed by atoms with van der Waals surface area (Å²) in [5, 5.41) is 0. The number of hydrogen-bond donors (Lipinski definition) is 0. The number of piperazine rings is 1. The van der Waals surface area contributed by atoms with Crippen molar-refractivity contribution in [1.29, 1.82) is 0 Å². The van der Waals surface area contributed by atoms with Crippen LogP contribution in [0.15, 0.2) is 67.0 Å². The second-order valence-corrected chi connectivity index (χ2v) is 6.08. The maximum absolute atomic E-state index is 13.4. The molecule has 1 saturated heterocycles. The summed E-state index contributed by atoms with van der Waals surface area (Å²) in [6, 6.07) is 16.9. The summed E-state index contributed by atoms with van der Waals surface area (Å²) in [6.45, 7) is 3.65. The van der Waals surface area contributed by atoms with E-state index >= 15 is 0 Å². The van der Waals surface area contributed by atoms with E-state index in [0.29, 0.717) is 5.69 Å². The maximum Gasteiger partial charge on any atom is 0.147 e. The highest BCUT2D eigenvalue weighted by molar-refractivity contribution is 5.60. The fourth-order valence-electron chi connectivity index (χ4n) is 3.13. The Morgan fingerprint density at radius 2 is 1.56 bits per heavy atom. The molecule has 3 aromatic rings. The third-order valence-corrected chi connectivity index (χ3v) is 4.47. The topological polar surface area (TPSA) is 32.3 Å². The van der Waals surface area contributed by atoms with E-state index in [1.165, 1.54) is 17.8 Å². The van der Waals surface area contributed by atoms with Crippen LogP contribution in [0.3, 0.4) is 0 Å². The maximum atomic E-state index is 13.4. The van der Waals surface area contributed by atoms with Crippen molar-refractivity contribution in [3.8, 4) is 11.3 Å². The summed E-state index contributed by atoms with van der Waals surface area (Å²) in [5.74, 6) is 0.579. The molecule has 4 nitrogen and oxygen atoms in total. The van der Waals surface area contributed by atoms with Gasteiger partial charge in [-0.25, -0.2) is 9.37 Å². The van der Waals surface area contributed by atoms with Crippen LogP contribution in [0.25, 0.3) is 11.3 Å². The first-order valence-corrected chi connectivity index (χ1v) is 8.42. The number of benzene rings is 2. The van der Waals surface area contributed by atoms with Gasteiger partial charge >= 0.3 is 0 Å². The molecule has 1 aliphatic rings. The van der Waals surface area contributed by atoms with Crippen LogP contribution in [0.1, 0.15) is 0 Å². The van der Waals surface area contributed by atoms with Gasteiger partial charge in [0.2, 0.25) is 0 Å². The van der Waals surface area contributed by atoms with Crippen molar-refractivity contribution in [3.05, 3.63) is 72.8 Å². The number of nitrogens with zero attached hydrogens (tertiary/aromatic N) is 4. The van der Waals surface area contributed by atoms with Crippen molar-refractivity contribution in [1.82, 2.24) is 9.97 Å². The van der Waals surface area contributed by atoms with Crippen molar-refractivity contribution in [2.45, 2.75) is 0 Å². The van der Waals surface area contributed by atoms with Crippen LogP contribution in [0.2, 0.25) is 0 Å². The molecule has 2 heterocycles. The molecule has 0 N–H and O–H groups in total. The van der Waals surface area contributed by atoms with Gasteiger partial charge < -0.3 is 9.80 Å².